The summed E-state index contributed by atoms with van der Waals surface area (Å²) >= 11 is 0. The molecule has 0 aliphatic carbocycles. The Balaban J connectivity index is 1.80. The zero-order valence-electron chi connectivity index (χ0n) is 12.7. The molecule has 2 aromatic carbocycles. The van der Waals surface area contributed by atoms with Crippen molar-refractivity contribution < 1.29 is 0 Å². The molecule has 2 N–H and O–H groups in total. The first-order valence-electron chi connectivity index (χ1n) is 8.08. The average molecular weight is 269 g/mol. The lowest BCUT2D eigenvalue weighted by atomic mass is 10.0. The number of anilines is 1. The molecule has 0 bridgehead atoms. The lowest BCUT2D eigenvalue weighted by molar-refractivity contribution is 0.589. The molecule has 0 aliphatic heterocycles. The minimum absolute atomic E-state index is 0.893. The Morgan fingerprint density at radius 1 is 0.850 bits per heavy atom. The maximum absolute atomic E-state index is 6.05. The van der Waals surface area contributed by atoms with Crippen molar-refractivity contribution in [2.45, 2.75) is 58.3 Å². The van der Waals surface area contributed by atoms with Crippen LogP contribution in [0.2, 0.25) is 0 Å². The molecular weight excluding hydrogens is 242 g/mol. The third-order valence-corrected chi connectivity index (χ3v) is 4.05. The Kier molecular flexibility index (Phi) is 5.91. The van der Waals surface area contributed by atoms with E-state index in [9.17, 15) is 0 Å². The first kappa shape index (κ1) is 14.9. The molecule has 2 rings (SSSR count). The first-order chi connectivity index (χ1) is 9.81. The van der Waals surface area contributed by atoms with Crippen molar-refractivity contribution in [3.05, 3.63) is 42.0 Å². The number of fused-ring (bicyclic) bond motifs is 1. The van der Waals surface area contributed by atoms with Crippen LogP contribution in [0.1, 0.15) is 57.4 Å². The van der Waals surface area contributed by atoms with Gasteiger partial charge in [-0.1, -0.05) is 69.7 Å². The standard InChI is InChI=1S/C19H27N/c1-2-3-4-5-6-7-8-10-16-13-14-17-11-9-12-19(20)18(17)15-16/h9,11-15H,2-8,10,20H2,1H3. The molecule has 0 heterocycles. The molecule has 0 saturated carbocycles. The van der Waals surface area contributed by atoms with Crippen LogP contribution in [-0.4, -0.2) is 0 Å². The predicted molar refractivity (Wildman–Crippen MR) is 90.1 cm³/mol. The van der Waals surface area contributed by atoms with Crippen LogP contribution < -0.4 is 5.73 Å². The summed E-state index contributed by atoms with van der Waals surface area (Å²) < 4.78 is 0. The zero-order chi connectivity index (χ0) is 14.2. The highest BCUT2D eigenvalue weighted by molar-refractivity contribution is 5.93. The van der Waals surface area contributed by atoms with Crippen LogP contribution in [0, 0.1) is 0 Å². The van der Waals surface area contributed by atoms with E-state index in [1.807, 2.05) is 12.1 Å². The van der Waals surface area contributed by atoms with Crippen LogP contribution in [0.3, 0.4) is 0 Å². The second-order valence-corrected chi connectivity index (χ2v) is 5.77. The van der Waals surface area contributed by atoms with Crippen LogP contribution in [-0.2, 0) is 6.42 Å². The molecule has 0 unspecified atom stereocenters. The fraction of sp³-hybridized carbons (Fsp3) is 0.474. The summed E-state index contributed by atoms with van der Waals surface area (Å²) in [4.78, 5) is 0. The number of aryl methyl sites for hydroxylation is 1. The molecule has 0 amide bonds. The third kappa shape index (κ3) is 4.26. The van der Waals surface area contributed by atoms with Gasteiger partial charge in [0, 0.05) is 11.1 Å². The fourth-order valence-electron chi connectivity index (χ4n) is 2.79. The molecule has 0 radical (unpaired) electrons. The van der Waals surface area contributed by atoms with Gasteiger partial charge >= 0.3 is 0 Å². The average Bonchev–Trinajstić information content (AvgIpc) is 2.47. The van der Waals surface area contributed by atoms with Gasteiger partial charge in [0.2, 0.25) is 0 Å². The van der Waals surface area contributed by atoms with Crippen molar-refractivity contribution in [2.75, 3.05) is 5.73 Å². The second kappa shape index (κ2) is 7.94. The maximum Gasteiger partial charge on any atom is 0.0393 e. The highest BCUT2D eigenvalue weighted by Crippen LogP contribution is 2.23. The molecule has 0 fully saturated rings. The Labute approximate surface area is 123 Å². The summed E-state index contributed by atoms with van der Waals surface area (Å²) in [6.07, 6.45) is 10.7. The van der Waals surface area contributed by atoms with Crippen molar-refractivity contribution >= 4 is 16.5 Å². The topological polar surface area (TPSA) is 26.0 Å². The molecule has 0 aromatic heterocycles. The van der Waals surface area contributed by atoms with E-state index in [1.165, 1.54) is 67.7 Å². The Bertz CT molecular complexity index is 530. The minimum Gasteiger partial charge on any atom is -0.398 e. The number of benzene rings is 2. The number of hydrogen-bond acceptors (Lipinski definition) is 1. The van der Waals surface area contributed by atoms with Gasteiger partial charge < -0.3 is 5.73 Å². The highest BCUT2D eigenvalue weighted by Gasteiger charge is 2.00. The molecule has 0 atom stereocenters. The van der Waals surface area contributed by atoms with Gasteiger partial charge in [-0.05, 0) is 35.9 Å². The lowest BCUT2D eigenvalue weighted by Gasteiger charge is -2.06. The van der Waals surface area contributed by atoms with Gasteiger partial charge in [0.15, 0.2) is 0 Å². The van der Waals surface area contributed by atoms with Crippen LogP contribution in [0.4, 0.5) is 5.69 Å². The van der Waals surface area contributed by atoms with Crippen LogP contribution in [0.25, 0.3) is 10.8 Å². The Morgan fingerprint density at radius 3 is 2.40 bits per heavy atom. The SMILES string of the molecule is CCCCCCCCCc1ccc2cccc(N)c2c1. The van der Waals surface area contributed by atoms with Gasteiger partial charge in [0.25, 0.3) is 0 Å². The Morgan fingerprint density at radius 2 is 1.60 bits per heavy atom. The van der Waals surface area contributed by atoms with E-state index < -0.39 is 0 Å². The Hall–Kier alpha value is -1.50. The number of unbranched alkanes of at least 4 members (excludes halogenated alkanes) is 6. The molecule has 1 heteroatoms. The van der Waals surface area contributed by atoms with Crippen molar-refractivity contribution in [3.8, 4) is 0 Å². The smallest absolute Gasteiger partial charge is 0.0393 e. The van der Waals surface area contributed by atoms with Gasteiger partial charge in [-0.25, -0.2) is 0 Å². The van der Waals surface area contributed by atoms with Crippen molar-refractivity contribution in [1.29, 1.82) is 0 Å². The van der Waals surface area contributed by atoms with Crippen LogP contribution in [0.5, 0.6) is 0 Å². The first-order valence-corrected chi connectivity index (χ1v) is 8.08. The van der Waals surface area contributed by atoms with Crippen LogP contribution in [0.15, 0.2) is 36.4 Å². The number of hydrogen-bond donors (Lipinski definition) is 1. The summed E-state index contributed by atoms with van der Waals surface area (Å²) in [6.45, 7) is 2.27. The normalized spacial score (nSPS) is 11.1. The van der Waals surface area contributed by atoms with Crippen molar-refractivity contribution in [3.63, 3.8) is 0 Å². The quantitative estimate of drug-likeness (QED) is 0.481. The third-order valence-electron chi connectivity index (χ3n) is 4.05. The van der Waals surface area contributed by atoms with E-state index in [-0.39, 0.29) is 0 Å². The zero-order valence-corrected chi connectivity index (χ0v) is 12.7. The van der Waals surface area contributed by atoms with E-state index >= 15 is 0 Å². The molecule has 108 valence electrons. The summed E-state index contributed by atoms with van der Waals surface area (Å²) in [6, 6.07) is 12.8. The molecule has 1 nitrogen and oxygen atoms in total. The molecule has 20 heavy (non-hydrogen) atoms. The lowest BCUT2D eigenvalue weighted by Crippen LogP contribution is -1.90. The number of nitrogen functional groups attached to an aromatic ring is 1. The number of rotatable bonds is 8. The molecular formula is C19H27N. The van der Waals surface area contributed by atoms with E-state index in [0.29, 0.717) is 0 Å². The van der Waals surface area contributed by atoms with Crippen molar-refractivity contribution in [1.82, 2.24) is 0 Å². The molecule has 0 spiro atoms. The van der Waals surface area contributed by atoms with Crippen molar-refractivity contribution in [2.24, 2.45) is 0 Å². The number of nitrogens with two attached hydrogens (primary N) is 1. The van der Waals surface area contributed by atoms with E-state index in [1.54, 1.807) is 0 Å². The predicted octanol–water partition coefficient (Wildman–Crippen LogP) is 5.72. The maximum atomic E-state index is 6.05. The van der Waals surface area contributed by atoms with Gasteiger partial charge in [0.1, 0.15) is 0 Å². The monoisotopic (exact) mass is 269 g/mol. The van der Waals surface area contributed by atoms with E-state index in [4.69, 9.17) is 5.73 Å². The minimum atomic E-state index is 0.893. The van der Waals surface area contributed by atoms with Gasteiger partial charge in [-0.15, -0.1) is 0 Å². The highest BCUT2D eigenvalue weighted by atomic mass is 14.5. The fourth-order valence-corrected chi connectivity index (χ4v) is 2.79. The van der Waals surface area contributed by atoms with Gasteiger partial charge in [0.05, 0.1) is 0 Å². The van der Waals surface area contributed by atoms with E-state index in [0.717, 1.165) is 5.69 Å². The second-order valence-electron chi connectivity index (χ2n) is 5.77. The summed E-state index contributed by atoms with van der Waals surface area (Å²) in [5.41, 5.74) is 8.36. The van der Waals surface area contributed by atoms with Gasteiger partial charge in [-0.3, -0.25) is 0 Å². The van der Waals surface area contributed by atoms with Gasteiger partial charge in [-0.2, -0.15) is 0 Å². The molecule has 2 aromatic rings. The summed E-state index contributed by atoms with van der Waals surface area (Å²) in [5.74, 6) is 0. The van der Waals surface area contributed by atoms with E-state index in [2.05, 4.69) is 31.2 Å². The summed E-state index contributed by atoms with van der Waals surface area (Å²) in [5, 5.41) is 2.45. The molecule has 0 aliphatic rings. The largest absolute Gasteiger partial charge is 0.398 e. The van der Waals surface area contributed by atoms with Crippen LogP contribution >= 0.6 is 0 Å². The molecule has 0 saturated heterocycles. The summed E-state index contributed by atoms with van der Waals surface area (Å²) in [7, 11) is 0.